The molecule has 27 heavy (non-hydrogen) atoms. The molecule has 3 rings (SSSR count). The Bertz CT molecular complexity index is 914. The minimum absolute atomic E-state index is 0.0653. The van der Waals surface area contributed by atoms with E-state index in [-0.39, 0.29) is 12.3 Å². The summed E-state index contributed by atoms with van der Waals surface area (Å²) >= 11 is 0. The van der Waals surface area contributed by atoms with Crippen molar-refractivity contribution in [1.29, 1.82) is 0 Å². The summed E-state index contributed by atoms with van der Waals surface area (Å²) in [6.45, 7) is 0.437. The van der Waals surface area contributed by atoms with Gasteiger partial charge in [0.15, 0.2) is 11.5 Å². The van der Waals surface area contributed by atoms with Gasteiger partial charge in [0.1, 0.15) is 0 Å². The van der Waals surface area contributed by atoms with Crippen LogP contribution < -0.4 is 14.8 Å². The Kier molecular flexibility index (Phi) is 5.99. The van der Waals surface area contributed by atoms with E-state index in [9.17, 15) is 4.79 Å². The maximum absolute atomic E-state index is 12.3. The molecular formula is C21H21N3O3. The fourth-order valence-electron chi connectivity index (χ4n) is 2.70. The number of rotatable bonds is 7. The lowest BCUT2D eigenvalue weighted by Gasteiger charge is -2.10. The van der Waals surface area contributed by atoms with Gasteiger partial charge in [-0.05, 0) is 47.5 Å². The molecule has 1 amide bonds. The van der Waals surface area contributed by atoms with Gasteiger partial charge in [-0.3, -0.25) is 14.8 Å². The molecule has 2 heterocycles. The van der Waals surface area contributed by atoms with Crippen LogP contribution in [0.5, 0.6) is 11.5 Å². The summed E-state index contributed by atoms with van der Waals surface area (Å²) in [7, 11) is 3.16. The smallest absolute Gasteiger partial charge is 0.224 e. The zero-order valence-corrected chi connectivity index (χ0v) is 15.3. The number of aromatic nitrogens is 2. The van der Waals surface area contributed by atoms with Crippen LogP contribution in [0, 0.1) is 0 Å². The fourth-order valence-corrected chi connectivity index (χ4v) is 2.70. The summed E-state index contributed by atoms with van der Waals surface area (Å²) in [6.07, 6.45) is 5.47. The zero-order valence-electron chi connectivity index (χ0n) is 15.3. The number of pyridine rings is 2. The number of methoxy groups -OCH3 is 2. The highest BCUT2D eigenvalue weighted by Gasteiger charge is 2.09. The highest BCUT2D eigenvalue weighted by molar-refractivity contribution is 5.78. The summed E-state index contributed by atoms with van der Waals surface area (Å²) in [5.41, 5.74) is 3.68. The van der Waals surface area contributed by atoms with Gasteiger partial charge in [-0.1, -0.05) is 6.07 Å². The maximum atomic E-state index is 12.3. The van der Waals surface area contributed by atoms with Crippen molar-refractivity contribution in [2.75, 3.05) is 14.2 Å². The van der Waals surface area contributed by atoms with Crippen LogP contribution in [-0.2, 0) is 17.8 Å². The first-order valence-corrected chi connectivity index (χ1v) is 8.52. The van der Waals surface area contributed by atoms with Crippen LogP contribution in [0.3, 0.4) is 0 Å². The third-order valence-corrected chi connectivity index (χ3v) is 4.10. The molecule has 0 aliphatic rings. The first kappa shape index (κ1) is 18.4. The molecule has 0 bridgehead atoms. The van der Waals surface area contributed by atoms with Crippen molar-refractivity contribution >= 4 is 5.91 Å². The SMILES string of the molecule is COc1ccc(CC(=O)NCc2ccnc(-c3ccncc3)c2)cc1OC. The van der Waals surface area contributed by atoms with Gasteiger partial charge in [-0.15, -0.1) is 0 Å². The number of benzene rings is 1. The van der Waals surface area contributed by atoms with Gasteiger partial charge in [0.2, 0.25) is 5.91 Å². The van der Waals surface area contributed by atoms with Gasteiger partial charge in [0, 0.05) is 30.7 Å². The molecular weight excluding hydrogens is 342 g/mol. The molecule has 0 saturated carbocycles. The lowest BCUT2D eigenvalue weighted by atomic mass is 10.1. The Morgan fingerprint density at radius 3 is 2.44 bits per heavy atom. The van der Waals surface area contributed by atoms with Gasteiger partial charge < -0.3 is 14.8 Å². The predicted octanol–water partition coefficient (Wildman–Crippen LogP) is 3.02. The molecule has 6 heteroatoms. The Morgan fingerprint density at radius 2 is 1.70 bits per heavy atom. The molecule has 0 spiro atoms. The van der Waals surface area contributed by atoms with Crippen LogP contribution in [0.25, 0.3) is 11.3 Å². The van der Waals surface area contributed by atoms with Crippen LogP contribution in [0.1, 0.15) is 11.1 Å². The van der Waals surface area contributed by atoms with Crippen LogP contribution in [0.2, 0.25) is 0 Å². The van der Waals surface area contributed by atoms with E-state index in [1.807, 2.05) is 36.4 Å². The topological polar surface area (TPSA) is 73.3 Å². The van der Waals surface area contributed by atoms with Crippen LogP contribution in [0.4, 0.5) is 0 Å². The van der Waals surface area contributed by atoms with Crippen molar-refractivity contribution in [2.45, 2.75) is 13.0 Å². The van der Waals surface area contributed by atoms with Crippen molar-refractivity contribution < 1.29 is 14.3 Å². The Hall–Kier alpha value is -3.41. The Morgan fingerprint density at radius 1 is 0.926 bits per heavy atom. The largest absolute Gasteiger partial charge is 0.493 e. The quantitative estimate of drug-likeness (QED) is 0.698. The average molecular weight is 363 g/mol. The van der Waals surface area contributed by atoms with E-state index in [0.717, 1.165) is 22.4 Å². The van der Waals surface area contributed by atoms with E-state index in [1.165, 1.54) is 0 Å². The van der Waals surface area contributed by atoms with E-state index in [0.29, 0.717) is 18.0 Å². The monoisotopic (exact) mass is 363 g/mol. The lowest BCUT2D eigenvalue weighted by Crippen LogP contribution is -2.24. The predicted molar refractivity (Wildman–Crippen MR) is 103 cm³/mol. The molecule has 0 atom stereocenters. The number of carbonyl (C=O) groups is 1. The Balaban J connectivity index is 1.61. The Labute approximate surface area is 158 Å². The van der Waals surface area contributed by atoms with E-state index in [4.69, 9.17) is 9.47 Å². The molecule has 6 nitrogen and oxygen atoms in total. The molecule has 2 aromatic heterocycles. The first-order chi connectivity index (χ1) is 13.2. The van der Waals surface area contributed by atoms with Crippen LogP contribution in [-0.4, -0.2) is 30.1 Å². The number of nitrogens with one attached hydrogen (secondary N) is 1. The first-order valence-electron chi connectivity index (χ1n) is 8.52. The number of nitrogens with zero attached hydrogens (tertiary/aromatic N) is 2. The molecule has 1 aromatic carbocycles. The number of amides is 1. The number of carbonyl (C=O) groups excluding carboxylic acids is 1. The third-order valence-electron chi connectivity index (χ3n) is 4.10. The van der Waals surface area contributed by atoms with Gasteiger partial charge in [-0.2, -0.15) is 0 Å². The summed E-state index contributed by atoms with van der Waals surface area (Å²) in [6, 6.07) is 13.1. The number of hydrogen-bond acceptors (Lipinski definition) is 5. The molecule has 138 valence electrons. The maximum Gasteiger partial charge on any atom is 0.224 e. The fraction of sp³-hybridized carbons (Fsp3) is 0.190. The minimum atomic E-state index is -0.0653. The van der Waals surface area contributed by atoms with Crippen LogP contribution >= 0.6 is 0 Å². The van der Waals surface area contributed by atoms with Crippen molar-refractivity contribution in [2.24, 2.45) is 0 Å². The molecule has 0 aliphatic carbocycles. The third kappa shape index (κ3) is 4.82. The molecule has 0 aliphatic heterocycles. The standard InChI is InChI=1S/C21H21N3O3/c1-26-19-4-3-15(12-20(19)27-2)13-21(25)24-14-16-5-10-23-18(11-16)17-6-8-22-9-7-17/h3-12H,13-14H2,1-2H3,(H,24,25). The normalized spacial score (nSPS) is 10.3. The summed E-state index contributed by atoms with van der Waals surface area (Å²) < 4.78 is 10.5. The van der Waals surface area contributed by atoms with Crippen molar-refractivity contribution in [3.05, 3.63) is 72.2 Å². The van der Waals surface area contributed by atoms with Crippen molar-refractivity contribution in [3.63, 3.8) is 0 Å². The minimum Gasteiger partial charge on any atom is -0.493 e. The van der Waals surface area contributed by atoms with Gasteiger partial charge in [-0.25, -0.2) is 0 Å². The van der Waals surface area contributed by atoms with E-state index < -0.39 is 0 Å². The summed E-state index contributed by atoms with van der Waals surface area (Å²) in [5, 5.41) is 2.94. The second-order valence-corrected chi connectivity index (χ2v) is 5.93. The summed E-state index contributed by atoms with van der Waals surface area (Å²) in [4.78, 5) is 20.7. The molecule has 0 radical (unpaired) electrons. The second-order valence-electron chi connectivity index (χ2n) is 5.93. The molecule has 0 unspecified atom stereocenters. The molecule has 0 saturated heterocycles. The highest BCUT2D eigenvalue weighted by atomic mass is 16.5. The average Bonchev–Trinajstić information content (AvgIpc) is 2.73. The van der Waals surface area contributed by atoms with Crippen LogP contribution in [0.15, 0.2) is 61.1 Å². The van der Waals surface area contributed by atoms with E-state index in [1.54, 1.807) is 38.9 Å². The van der Waals surface area contributed by atoms with Gasteiger partial charge in [0.05, 0.1) is 26.3 Å². The summed E-state index contributed by atoms with van der Waals surface area (Å²) in [5.74, 6) is 1.19. The number of hydrogen-bond donors (Lipinski definition) is 1. The molecule has 0 fully saturated rings. The molecule has 3 aromatic rings. The van der Waals surface area contributed by atoms with Crippen molar-refractivity contribution in [3.8, 4) is 22.8 Å². The molecule has 1 N–H and O–H groups in total. The lowest BCUT2D eigenvalue weighted by molar-refractivity contribution is -0.120. The highest BCUT2D eigenvalue weighted by Crippen LogP contribution is 2.27. The second kappa shape index (κ2) is 8.80. The van der Waals surface area contributed by atoms with Gasteiger partial charge in [0.25, 0.3) is 0 Å². The number of ether oxygens (including phenoxy) is 2. The zero-order chi connectivity index (χ0) is 19.1. The van der Waals surface area contributed by atoms with Crippen molar-refractivity contribution in [1.82, 2.24) is 15.3 Å². The van der Waals surface area contributed by atoms with E-state index in [2.05, 4.69) is 15.3 Å². The van der Waals surface area contributed by atoms with E-state index >= 15 is 0 Å². The van der Waals surface area contributed by atoms with Gasteiger partial charge >= 0.3 is 0 Å².